The minimum atomic E-state index is 0.392. The van der Waals surface area contributed by atoms with Crippen LogP contribution < -0.4 is 5.32 Å². The van der Waals surface area contributed by atoms with Crippen molar-refractivity contribution in [2.45, 2.75) is 32.7 Å². The fourth-order valence-corrected chi connectivity index (χ4v) is 2.02. The highest BCUT2D eigenvalue weighted by Crippen LogP contribution is 2.15. The number of aromatic nitrogens is 2. The Bertz CT molecular complexity index is 330. The summed E-state index contributed by atoms with van der Waals surface area (Å²) in [6.07, 6.45) is 4.58. The van der Waals surface area contributed by atoms with Gasteiger partial charge in [0, 0.05) is 24.8 Å². The third-order valence-corrected chi connectivity index (χ3v) is 3.00. The van der Waals surface area contributed by atoms with Gasteiger partial charge in [0.15, 0.2) is 0 Å². The van der Waals surface area contributed by atoms with Crippen molar-refractivity contribution in [3.63, 3.8) is 0 Å². The van der Waals surface area contributed by atoms with Crippen molar-refractivity contribution >= 4 is 0 Å². The molecule has 4 heteroatoms. The van der Waals surface area contributed by atoms with E-state index in [1.807, 2.05) is 11.7 Å². The Morgan fingerprint density at radius 1 is 1.41 bits per heavy atom. The standard InChI is InChI=1S/C13H26N4/c1-11(13-10-17(5)15-12(13)2)14-8-6-7-9-16(3)4/h10-11,14H,6-9H2,1-5H3. The first-order valence-corrected chi connectivity index (χ1v) is 6.39. The lowest BCUT2D eigenvalue weighted by molar-refractivity contribution is 0.389. The fraction of sp³-hybridized carbons (Fsp3) is 0.769. The Hall–Kier alpha value is -0.870. The molecule has 1 N–H and O–H groups in total. The van der Waals surface area contributed by atoms with Crippen LogP contribution in [0.3, 0.4) is 0 Å². The van der Waals surface area contributed by atoms with E-state index in [2.05, 4.69) is 49.5 Å². The Labute approximate surface area is 105 Å². The molecule has 98 valence electrons. The van der Waals surface area contributed by atoms with Gasteiger partial charge in [0.1, 0.15) is 0 Å². The molecule has 0 bridgehead atoms. The van der Waals surface area contributed by atoms with E-state index >= 15 is 0 Å². The van der Waals surface area contributed by atoms with Crippen LogP contribution in [0.25, 0.3) is 0 Å². The molecule has 17 heavy (non-hydrogen) atoms. The first kappa shape index (κ1) is 14.2. The van der Waals surface area contributed by atoms with Gasteiger partial charge in [-0.25, -0.2) is 0 Å². The molecule has 0 amide bonds. The number of hydrogen-bond acceptors (Lipinski definition) is 3. The van der Waals surface area contributed by atoms with Crippen molar-refractivity contribution in [3.8, 4) is 0 Å². The highest BCUT2D eigenvalue weighted by atomic mass is 15.3. The van der Waals surface area contributed by atoms with Gasteiger partial charge >= 0.3 is 0 Å². The summed E-state index contributed by atoms with van der Waals surface area (Å²) in [6, 6.07) is 0.392. The molecule has 4 nitrogen and oxygen atoms in total. The van der Waals surface area contributed by atoms with Crippen LogP contribution in [0.5, 0.6) is 0 Å². The summed E-state index contributed by atoms with van der Waals surface area (Å²) in [7, 11) is 6.21. The second kappa shape index (κ2) is 6.77. The van der Waals surface area contributed by atoms with E-state index in [0.717, 1.165) is 12.2 Å². The third kappa shape index (κ3) is 4.88. The molecule has 1 aromatic rings. The van der Waals surface area contributed by atoms with Gasteiger partial charge in [-0.05, 0) is 53.9 Å². The van der Waals surface area contributed by atoms with E-state index in [-0.39, 0.29) is 0 Å². The molecule has 0 aromatic carbocycles. The van der Waals surface area contributed by atoms with E-state index in [4.69, 9.17) is 0 Å². The number of hydrogen-bond donors (Lipinski definition) is 1. The molecule has 1 unspecified atom stereocenters. The first-order chi connectivity index (χ1) is 8.00. The normalized spacial score (nSPS) is 13.3. The van der Waals surface area contributed by atoms with Gasteiger partial charge in [-0.2, -0.15) is 5.10 Å². The van der Waals surface area contributed by atoms with Crippen molar-refractivity contribution in [3.05, 3.63) is 17.5 Å². The second-order valence-electron chi connectivity index (χ2n) is 5.03. The summed E-state index contributed by atoms with van der Waals surface area (Å²) in [5.74, 6) is 0. The van der Waals surface area contributed by atoms with Crippen molar-refractivity contribution in [1.82, 2.24) is 20.0 Å². The van der Waals surface area contributed by atoms with Gasteiger partial charge in [-0.3, -0.25) is 4.68 Å². The van der Waals surface area contributed by atoms with E-state index < -0.39 is 0 Å². The van der Waals surface area contributed by atoms with Crippen molar-refractivity contribution in [1.29, 1.82) is 0 Å². The number of nitrogens with zero attached hydrogens (tertiary/aromatic N) is 3. The summed E-state index contributed by atoms with van der Waals surface area (Å²) in [5.41, 5.74) is 2.43. The van der Waals surface area contributed by atoms with Crippen LogP contribution in [-0.4, -0.2) is 41.9 Å². The summed E-state index contributed by atoms with van der Waals surface area (Å²) in [6.45, 7) is 6.51. The van der Waals surface area contributed by atoms with Crippen LogP contribution in [0.1, 0.15) is 37.1 Å². The predicted molar refractivity (Wildman–Crippen MR) is 72.2 cm³/mol. The maximum atomic E-state index is 4.37. The highest BCUT2D eigenvalue weighted by Gasteiger charge is 2.10. The maximum absolute atomic E-state index is 4.37. The molecule has 0 saturated carbocycles. The first-order valence-electron chi connectivity index (χ1n) is 6.39. The van der Waals surface area contributed by atoms with Gasteiger partial charge in [-0.1, -0.05) is 0 Å². The van der Waals surface area contributed by atoms with Crippen LogP contribution in [0.4, 0.5) is 0 Å². The Kier molecular flexibility index (Phi) is 5.65. The third-order valence-electron chi connectivity index (χ3n) is 3.00. The monoisotopic (exact) mass is 238 g/mol. The zero-order valence-electron chi connectivity index (χ0n) is 11.8. The predicted octanol–water partition coefficient (Wildman–Crippen LogP) is 1.72. The zero-order valence-corrected chi connectivity index (χ0v) is 11.8. The lowest BCUT2D eigenvalue weighted by Gasteiger charge is -2.14. The number of aryl methyl sites for hydroxylation is 2. The summed E-state index contributed by atoms with van der Waals surface area (Å²) in [5, 5.41) is 7.92. The van der Waals surface area contributed by atoms with Crippen molar-refractivity contribution < 1.29 is 0 Å². The number of nitrogens with one attached hydrogen (secondary N) is 1. The van der Waals surface area contributed by atoms with Crippen molar-refractivity contribution in [2.24, 2.45) is 7.05 Å². The van der Waals surface area contributed by atoms with Gasteiger partial charge in [0.05, 0.1) is 5.69 Å². The Morgan fingerprint density at radius 3 is 2.65 bits per heavy atom. The molecule has 1 rings (SSSR count). The van der Waals surface area contributed by atoms with E-state index in [1.165, 1.54) is 24.9 Å². The minimum absolute atomic E-state index is 0.392. The fourth-order valence-electron chi connectivity index (χ4n) is 2.02. The largest absolute Gasteiger partial charge is 0.310 e. The van der Waals surface area contributed by atoms with E-state index in [0.29, 0.717) is 6.04 Å². The highest BCUT2D eigenvalue weighted by molar-refractivity contribution is 5.19. The summed E-state index contributed by atoms with van der Waals surface area (Å²) in [4.78, 5) is 2.23. The molecule has 0 aliphatic carbocycles. The lowest BCUT2D eigenvalue weighted by atomic mass is 10.1. The number of rotatable bonds is 7. The van der Waals surface area contributed by atoms with Crippen LogP contribution in [0, 0.1) is 6.92 Å². The van der Waals surface area contributed by atoms with Gasteiger partial charge in [0.25, 0.3) is 0 Å². The zero-order chi connectivity index (χ0) is 12.8. The molecule has 0 saturated heterocycles. The molecule has 1 atom stereocenters. The lowest BCUT2D eigenvalue weighted by Crippen LogP contribution is -2.21. The molecule has 0 fully saturated rings. The van der Waals surface area contributed by atoms with Gasteiger partial charge in [0.2, 0.25) is 0 Å². The molecular weight excluding hydrogens is 212 g/mol. The quantitative estimate of drug-likeness (QED) is 0.734. The smallest absolute Gasteiger partial charge is 0.0641 e. The SMILES string of the molecule is Cc1nn(C)cc1C(C)NCCCCN(C)C. The van der Waals surface area contributed by atoms with E-state index in [9.17, 15) is 0 Å². The Morgan fingerprint density at radius 2 is 2.12 bits per heavy atom. The average molecular weight is 238 g/mol. The number of unbranched alkanes of at least 4 members (excludes halogenated alkanes) is 1. The van der Waals surface area contributed by atoms with Crippen LogP contribution in [0.15, 0.2) is 6.20 Å². The van der Waals surface area contributed by atoms with Gasteiger partial charge in [-0.15, -0.1) is 0 Å². The minimum Gasteiger partial charge on any atom is -0.310 e. The van der Waals surface area contributed by atoms with Gasteiger partial charge < -0.3 is 10.2 Å². The molecule has 1 aromatic heterocycles. The molecule has 0 spiro atoms. The molecule has 1 heterocycles. The van der Waals surface area contributed by atoms with E-state index in [1.54, 1.807) is 0 Å². The van der Waals surface area contributed by atoms with Crippen LogP contribution >= 0.6 is 0 Å². The average Bonchev–Trinajstić information content (AvgIpc) is 2.56. The topological polar surface area (TPSA) is 33.1 Å². The molecule has 0 radical (unpaired) electrons. The summed E-state index contributed by atoms with van der Waals surface area (Å²) >= 11 is 0. The molecular formula is C13H26N4. The second-order valence-corrected chi connectivity index (χ2v) is 5.03. The van der Waals surface area contributed by atoms with Crippen LogP contribution in [0.2, 0.25) is 0 Å². The van der Waals surface area contributed by atoms with Crippen molar-refractivity contribution in [2.75, 3.05) is 27.2 Å². The Balaban J connectivity index is 2.25. The molecule has 0 aliphatic heterocycles. The van der Waals surface area contributed by atoms with Crippen LogP contribution in [-0.2, 0) is 7.05 Å². The maximum Gasteiger partial charge on any atom is 0.0641 e. The molecule has 0 aliphatic rings. The summed E-state index contributed by atoms with van der Waals surface area (Å²) < 4.78 is 1.88.